The minimum absolute atomic E-state index is 0.157. The van der Waals surface area contributed by atoms with Crippen LogP contribution in [0.4, 0.5) is 11.6 Å². The van der Waals surface area contributed by atoms with E-state index in [1.807, 2.05) is 12.1 Å². The van der Waals surface area contributed by atoms with Crippen molar-refractivity contribution in [1.82, 2.24) is 9.97 Å². The Labute approximate surface area is 127 Å². The summed E-state index contributed by atoms with van der Waals surface area (Å²) in [4.78, 5) is 18.7. The molecule has 0 radical (unpaired) electrons. The summed E-state index contributed by atoms with van der Waals surface area (Å²) < 4.78 is 0. The molecule has 4 nitrogen and oxygen atoms in total. The summed E-state index contributed by atoms with van der Waals surface area (Å²) >= 11 is 7.58. The lowest BCUT2D eigenvalue weighted by molar-refractivity contribution is 1.05. The van der Waals surface area contributed by atoms with Gasteiger partial charge >= 0.3 is 0 Å². The van der Waals surface area contributed by atoms with Crippen molar-refractivity contribution in [3.63, 3.8) is 0 Å². The Bertz CT molecular complexity index is 625. The van der Waals surface area contributed by atoms with Gasteiger partial charge in [0.1, 0.15) is 0 Å². The Hall–Kier alpha value is -1.46. The predicted octanol–water partition coefficient (Wildman–Crippen LogP) is 3.81. The summed E-state index contributed by atoms with van der Waals surface area (Å²) in [6, 6.07) is 8.75. The van der Waals surface area contributed by atoms with Crippen LogP contribution in [0, 0.1) is 0 Å². The van der Waals surface area contributed by atoms with Crippen molar-refractivity contribution in [2.45, 2.75) is 24.9 Å². The molecule has 0 spiro atoms. The van der Waals surface area contributed by atoms with E-state index in [0.717, 1.165) is 17.1 Å². The standard InChI is InChI=1S/C14H16ClN3OS/c1-9(2)20-8-12-7-13(19)18-14(17-12)16-11-5-3-10(15)4-6-11/h3-7,9H,8H2,1-2H3,(H2,16,17,18,19). The van der Waals surface area contributed by atoms with E-state index >= 15 is 0 Å². The first-order valence-electron chi connectivity index (χ1n) is 6.27. The molecule has 0 unspecified atom stereocenters. The van der Waals surface area contributed by atoms with Gasteiger partial charge in [0.05, 0.1) is 5.69 Å². The van der Waals surface area contributed by atoms with Gasteiger partial charge in [0.2, 0.25) is 5.95 Å². The highest BCUT2D eigenvalue weighted by molar-refractivity contribution is 7.99. The molecule has 1 aromatic carbocycles. The molecular weight excluding hydrogens is 294 g/mol. The highest BCUT2D eigenvalue weighted by Gasteiger charge is 2.04. The predicted molar refractivity (Wildman–Crippen MR) is 86.0 cm³/mol. The monoisotopic (exact) mass is 309 g/mol. The topological polar surface area (TPSA) is 57.8 Å². The van der Waals surface area contributed by atoms with Gasteiger partial charge in [-0.3, -0.25) is 9.78 Å². The van der Waals surface area contributed by atoms with Crippen LogP contribution in [-0.4, -0.2) is 15.2 Å². The van der Waals surface area contributed by atoms with Crippen LogP contribution in [0.3, 0.4) is 0 Å². The summed E-state index contributed by atoms with van der Waals surface area (Å²) in [5, 5.41) is 4.23. The molecule has 0 saturated carbocycles. The van der Waals surface area contributed by atoms with Gasteiger partial charge in [-0.2, -0.15) is 11.8 Å². The fourth-order valence-electron chi connectivity index (χ4n) is 1.56. The first-order chi connectivity index (χ1) is 9.52. The van der Waals surface area contributed by atoms with Crippen molar-refractivity contribution < 1.29 is 0 Å². The van der Waals surface area contributed by atoms with Gasteiger partial charge in [-0.15, -0.1) is 0 Å². The van der Waals surface area contributed by atoms with E-state index in [-0.39, 0.29) is 5.56 Å². The third kappa shape index (κ3) is 4.58. The van der Waals surface area contributed by atoms with E-state index in [4.69, 9.17) is 11.6 Å². The van der Waals surface area contributed by atoms with Crippen LogP contribution in [0.25, 0.3) is 0 Å². The number of hydrogen-bond donors (Lipinski definition) is 2. The number of thioether (sulfide) groups is 1. The first-order valence-corrected chi connectivity index (χ1v) is 7.70. The Morgan fingerprint density at radius 2 is 2.05 bits per heavy atom. The minimum atomic E-state index is -0.157. The summed E-state index contributed by atoms with van der Waals surface area (Å²) in [7, 11) is 0. The summed E-state index contributed by atoms with van der Waals surface area (Å²) in [6.07, 6.45) is 0. The first kappa shape index (κ1) is 14.9. The molecule has 2 N–H and O–H groups in total. The highest BCUT2D eigenvalue weighted by atomic mass is 35.5. The van der Waals surface area contributed by atoms with Gasteiger partial charge in [-0.25, -0.2) is 4.98 Å². The smallest absolute Gasteiger partial charge is 0.252 e. The van der Waals surface area contributed by atoms with Gasteiger partial charge in [0, 0.05) is 22.5 Å². The van der Waals surface area contributed by atoms with Crippen molar-refractivity contribution in [1.29, 1.82) is 0 Å². The molecule has 20 heavy (non-hydrogen) atoms. The molecule has 1 heterocycles. The molecule has 1 aromatic heterocycles. The molecule has 0 amide bonds. The molecule has 2 rings (SSSR count). The van der Waals surface area contributed by atoms with E-state index in [2.05, 4.69) is 29.1 Å². The fourth-order valence-corrected chi connectivity index (χ4v) is 2.34. The number of rotatable bonds is 5. The lowest BCUT2D eigenvalue weighted by Gasteiger charge is -2.08. The summed E-state index contributed by atoms with van der Waals surface area (Å²) in [6.45, 7) is 4.23. The lowest BCUT2D eigenvalue weighted by Crippen LogP contribution is -2.12. The zero-order valence-electron chi connectivity index (χ0n) is 11.3. The maximum Gasteiger partial charge on any atom is 0.252 e. The van der Waals surface area contributed by atoms with Crippen molar-refractivity contribution in [2.24, 2.45) is 0 Å². The SMILES string of the molecule is CC(C)SCc1cc(=O)[nH]c(Nc2ccc(Cl)cc2)n1. The lowest BCUT2D eigenvalue weighted by atomic mass is 10.3. The zero-order valence-corrected chi connectivity index (χ0v) is 12.9. The minimum Gasteiger partial charge on any atom is -0.326 e. The number of aromatic nitrogens is 2. The second-order valence-corrected chi connectivity index (χ2v) is 6.58. The fraction of sp³-hybridized carbons (Fsp3) is 0.286. The number of benzene rings is 1. The Morgan fingerprint density at radius 1 is 1.35 bits per heavy atom. The largest absolute Gasteiger partial charge is 0.326 e. The van der Waals surface area contributed by atoms with Crippen molar-refractivity contribution in [2.75, 3.05) is 5.32 Å². The molecule has 0 atom stereocenters. The van der Waals surface area contributed by atoms with E-state index < -0.39 is 0 Å². The van der Waals surface area contributed by atoms with Crippen molar-refractivity contribution in [3.8, 4) is 0 Å². The molecule has 0 aliphatic rings. The molecule has 106 valence electrons. The van der Waals surface area contributed by atoms with Gasteiger partial charge in [-0.05, 0) is 29.5 Å². The normalized spacial score (nSPS) is 10.8. The summed E-state index contributed by atoms with van der Waals surface area (Å²) in [5.74, 6) is 1.16. The molecule has 6 heteroatoms. The number of nitrogens with one attached hydrogen (secondary N) is 2. The number of anilines is 2. The van der Waals surface area contributed by atoms with Crippen LogP contribution >= 0.6 is 23.4 Å². The average molecular weight is 310 g/mol. The third-order valence-electron chi connectivity index (χ3n) is 2.47. The van der Waals surface area contributed by atoms with Crippen LogP contribution in [0.5, 0.6) is 0 Å². The van der Waals surface area contributed by atoms with E-state index in [0.29, 0.717) is 16.2 Å². The van der Waals surface area contributed by atoms with Crippen LogP contribution < -0.4 is 10.9 Å². The number of halogens is 1. The van der Waals surface area contributed by atoms with Crippen LogP contribution in [0.1, 0.15) is 19.5 Å². The van der Waals surface area contributed by atoms with E-state index in [1.54, 1.807) is 23.9 Å². The van der Waals surface area contributed by atoms with Crippen LogP contribution in [0.15, 0.2) is 35.1 Å². The Kier molecular flexibility index (Phi) is 5.09. The Morgan fingerprint density at radius 3 is 2.70 bits per heavy atom. The number of aromatic amines is 1. The molecule has 2 aromatic rings. The molecule has 0 aliphatic heterocycles. The second-order valence-electron chi connectivity index (χ2n) is 4.58. The molecule has 0 bridgehead atoms. The van der Waals surface area contributed by atoms with Crippen LogP contribution in [-0.2, 0) is 5.75 Å². The highest BCUT2D eigenvalue weighted by Crippen LogP contribution is 2.18. The van der Waals surface area contributed by atoms with Gasteiger partial charge < -0.3 is 5.32 Å². The number of H-pyrrole nitrogens is 1. The molecular formula is C14H16ClN3OS. The molecule has 0 aliphatic carbocycles. The average Bonchev–Trinajstić information content (AvgIpc) is 2.38. The second kappa shape index (κ2) is 6.81. The van der Waals surface area contributed by atoms with Gasteiger partial charge in [-0.1, -0.05) is 25.4 Å². The molecule has 0 saturated heterocycles. The van der Waals surface area contributed by atoms with Crippen LogP contribution in [0.2, 0.25) is 5.02 Å². The van der Waals surface area contributed by atoms with Crippen molar-refractivity contribution >= 4 is 35.0 Å². The van der Waals surface area contributed by atoms with E-state index in [9.17, 15) is 4.79 Å². The van der Waals surface area contributed by atoms with Crippen molar-refractivity contribution in [3.05, 3.63) is 51.4 Å². The van der Waals surface area contributed by atoms with E-state index in [1.165, 1.54) is 6.07 Å². The number of nitrogens with zero attached hydrogens (tertiary/aromatic N) is 1. The molecule has 0 fully saturated rings. The number of hydrogen-bond acceptors (Lipinski definition) is 4. The van der Waals surface area contributed by atoms with Gasteiger partial charge in [0.25, 0.3) is 5.56 Å². The maximum atomic E-state index is 11.6. The van der Waals surface area contributed by atoms with Gasteiger partial charge in [0.15, 0.2) is 0 Å². The summed E-state index contributed by atoms with van der Waals surface area (Å²) in [5.41, 5.74) is 1.44. The quantitative estimate of drug-likeness (QED) is 0.882. The third-order valence-corrected chi connectivity index (χ3v) is 3.85. The Balaban J connectivity index is 2.15. The zero-order chi connectivity index (χ0) is 14.5. The maximum absolute atomic E-state index is 11.6.